The number of nitrogens with zero attached hydrogens (tertiary/aromatic N) is 4. The van der Waals surface area contributed by atoms with E-state index in [1.807, 2.05) is 25.4 Å². The molecule has 0 fully saturated rings. The fourth-order valence-corrected chi connectivity index (χ4v) is 2.72. The van der Waals surface area contributed by atoms with E-state index in [1.54, 1.807) is 0 Å². The van der Waals surface area contributed by atoms with Crippen LogP contribution in [0, 0.1) is 5.92 Å². The lowest BCUT2D eigenvalue weighted by molar-refractivity contribution is 0.269. The molecule has 110 valence electrons. The lowest BCUT2D eigenvalue weighted by atomic mass is 10.0. The molecule has 2 unspecified atom stereocenters. The summed E-state index contributed by atoms with van der Waals surface area (Å²) >= 11 is 6.35. The molecule has 0 radical (unpaired) electrons. The third-order valence-corrected chi connectivity index (χ3v) is 3.72. The molecule has 0 saturated carbocycles. The first-order valence-electron chi connectivity index (χ1n) is 7.02. The maximum atomic E-state index is 6.35. The Kier molecular flexibility index (Phi) is 4.66. The molecular weight excluding hydrogens is 272 g/mol. The van der Waals surface area contributed by atoms with Gasteiger partial charge in [0, 0.05) is 12.7 Å². The van der Waals surface area contributed by atoms with Crippen molar-refractivity contribution >= 4 is 22.6 Å². The van der Waals surface area contributed by atoms with Crippen molar-refractivity contribution in [3.05, 3.63) is 24.3 Å². The standard InChI is InChI=1S/C15H23ClN4/c1-10(2)14(9-19(4)5)20-13-6-7-17-8-12(13)18-15(20)11(3)16/h6-8,10-11,14H,9H2,1-5H3. The highest BCUT2D eigenvalue weighted by molar-refractivity contribution is 6.20. The zero-order chi connectivity index (χ0) is 14.9. The number of rotatable bonds is 5. The fourth-order valence-electron chi connectivity index (χ4n) is 2.56. The molecule has 2 rings (SSSR count). The number of alkyl halides is 1. The largest absolute Gasteiger partial charge is 0.322 e. The van der Waals surface area contributed by atoms with Gasteiger partial charge in [-0.1, -0.05) is 13.8 Å². The highest BCUT2D eigenvalue weighted by atomic mass is 35.5. The summed E-state index contributed by atoms with van der Waals surface area (Å²) in [4.78, 5) is 11.0. The maximum absolute atomic E-state index is 6.35. The van der Waals surface area contributed by atoms with Crippen molar-refractivity contribution in [3.8, 4) is 0 Å². The van der Waals surface area contributed by atoms with Gasteiger partial charge < -0.3 is 9.47 Å². The van der Waals surface area contributed by atoms with E-state index in [1.165, 1.54) is 0 Å². The zero-order valence-corrected chi connectivity index (χ0v) is 13.6. The van der Waals surface area contributed by atoms with E-state index in [0.29, 0.717) is 12.0 Å². The number of hydrogen-bond acceptors (Lipinski definition) is 3. The first kappa shape index (κ1) is 15.3. The second-order valence-corrected chi connectivity index (χ2v) is 6.55. The van der Waals surface area contributed by atoms with Gasteiger partial charge in [-0.3, -0.25) is 4.98 Å². The Balaban J connectivity index is 2.62. The Morgan fingerprint density at radius 1 is 1.30 bits per heavy atom. The Bertz CT molecular complexity index is 574. The van der Waals surface area contributed by atoms with E-state index in [4.69, 9.17) is 11.6 Å². The molecule has 0 N–H and O–H groups in total. The van der Waals surface area contributed by atoms with Crippen LogP contribution >= 0.6 is 11.6 Å². The van der Waals surface area contributed by atoms with Crippen LogP contribution in [0.3, 0.4) is 0 Å². The van der Waals surface area contributed by atoms with Gasteiger partial charge in [0.1, 0.15) is 11.3 Å². The van der Waals surface area contributed by atoms with Crippen molar-refractivity contribution in [3.63, 3.8) is 0 Å². The minimum absolute atomic E-state index is 0.120. The molecule has 0 aliphatic carbocycles. The van der Waals surface area contributed by atoms with Crippen LogP contribution in [-0.4, -0.2) is 40.1 Å². The van der Waals surface area contributed by atoms with Gasteiger partial charge in [-0.05, 0) is 33.0 Å². The van der Waals surface area contributed by atoms with E-state index in [9.17, 15) is 0 Å². The van der Waals surface area contributed by atoms with Gasteiger partial charge >= 0.3 is 0 Å². The maximum Gasteiger partial charge on any atom is 0.128 e. The van der Waals surface area contributed by atoms with E-state index < -0.39 is 0 Å². The van der Waals surface area contributed by atoms with E-state index in [2.05, 4.69) is 47.4 Å². The number of likely N-dealkylation sites (N-methyl/N-ethyl adjacent to an activating group) is 1. The molecule has 2 heterocycles. The summed E-state index contributed by atoms with van der Waals surface area (Å²) < 4.78 is 2.29. The van der Waals surface area contributed by atoms with Gasteiger partial charge in [-0.15, -0.1) is 11.6 Å². The zero-order valence-electron chi connectivity index (χ0n) is 12.8. The van der Waals surface area contributed by atoms with Crippen molar-refractivity contribution in [1.82, 2.24) is 19.4 Å². The second-order valence-electron chi connectivity index (χ2n) is 5.89. The third kappa shape index (κ3) is 2.96. The molecule has 2 aromatic rings. The van der Waals surface area contributed by atoms with Crippen LogP contribution in [0.2, 0.25) is 0 Å². The van der Waals surface area contributed by atoms with Crippen LogP contribution in [0.25, 0.3) is 11.0 Å². The third-order valence-electron chi connectivity index (χ3n) is 3.53. The predicted octanol–water partition coefficient (Wildman–Crippen LogP) is 3.49. The number of pyridine rings is 1. The number of imidazole rings is 1. The number of hydrogen-bond donors (Lipinski definition) is 0. The summed E-state index contributed by atoms with van der Waals surface area (Å²) in [5, 5.41) is -0.120. The summed E-state index contributed by atoms with van der Waals surface area (Å²) in [6, 6.07) is 2.37. The summed E-state index contributed by atoms with van der Waals surface area (Å²) in [7, 11) is 4.19. The van der Waals surface area contributed by atoms with Gasteiger partial charge in [0.15, 0.2) is 0 Å². The fraction of sp³-hybridized carbons (Fsp3) is 0.600. The lowest BCUT2D eigenvalue weighted by Gasteiger charge is -2.28. The Hall–Kier alpha value is -1.13. The Morgan fingerprint density at radius 2 is 2.00 bits per heavy atom. The average Bonchev–Trinajstić information content (AvgIpc) is 2.74. The Morgan fingerprint density at radius 3 is 2.55 bits per heavy atom. The quantitative estimate of drug-likeness (QED) is 0.792. The average molecular weight is 295 g/mol. The monoisotopic (exact) mass is 294 g/mol. The molecule has 0 aromatic carbocycles. The summed E-state index contributed by atoms with van der Waals surface area (Å²) in [6.07, 6.45) is 3.62. The van der Waals surface area contributed by atoms with Crippen LogP contribution in [0.1, 0.15) is 38.0 Å². The predicted molar refractivity (Wildman–Crippen MR) is 84.2 cm³/mol. The van der Waals surface area contributed by atoms with Crippen molar-refractivity contribution in [2.75, 3.05) is 20.6 Å². The second kappa shape index (κ2) is 6.10. The van der Waals surface area contributed by atoms with E-state index >= 15 is 0 Å². The van der Waals surface area contributed by atoms with Crippen LogP contribution in [0.5, 0.6) is 0 Å². The van der Waals surface area contributed by atoms with Crippen LogP contribution in [0.4, 0.5) is 0 Å². The Labute approximate surface area is 125 Å². The molecule has 0 saturated heterocycles. The molecule has 5 heteroatoms. The first-order valence-corrected chi connectivity index (χ1v) is 7.46. The van der Waals surface area contributed by atoms with Gasteiger partial charge in [-0.25, -0.2) is 4.98 Å². The van der Waals surface area contributed by atoms with Crippen molar-refractivity contribution in [2.24, 2.45) is 5.92 Å². The minimum Gasteiger partial charge on any atom is -0.322 e. The normalized spacial score (nSPS) is 15.2. The van der Waals surface area contributed by atoms with Gasteiger partial charge in [-0.2, -0.15) is 0 Å². The molecular formula is C15H23ClN4. The van der Waals surface area contributed by atoms with E-state index in [0.717, 1.165) is 23.4 Å². The summed E-state index contributed by atoms with van der Waals surface area (Å²) in [6.45, 7) is 7.41. The molecule has 20 heavy (non-hydrogen) atoms. The molecule has 0 amide bonds. The molecule has 0 aliphatic rings. The number of halogens is 1. The molecule has 0 aliphatic heterocycles. The molecule has 4 nitrogen and oxygen atoms in total. The van der Waals surface area contributed by atoms with Crippen LogP contribution in [-0.2, 0) is 0 Å². The number of fused-ring (bicyclic) bond motifs is 1. The van der Waals surface area contributed by atoms with Crippen LogP contribution in [0.15, 0.2) is 18.5 Å². The minimum atomic E-state index is -0.120. The molecule has 0 bridgehead atoms. The highest BCUT2D eigenvalue weighted by Gasteiger charge is 2.24. The van der Waals surface area contributed by atoms with Gasteiger partial charge in [0.25, 0.3) is 0 Å². The van der Waals surface area contributed by atoms with Crippen molar-refractivity contribution < 1.29 is 0 Å². The van der Waals surface area contributed by atoms with Crippen LogP contribution < -0.4 is 0 Å². The van der Waals surface area contributed by atoms with Gasteiger partial charge in [0.05, 0.1) is 23.1 Å². The van der Waals surface area contributed by atoms with Crippen molar-refractivity contribution in [2.45, 2.75) is 32.2 Å². The smallest absolute Gasteiger partial charge is 0.128 e. The molecule has 0 spiro atoms. The lowest BCUT2D eigenvalue weighted by Crippen LogP contribution is -2.29. The van der Waals surface area contributed by atoms with Crippen molar-refractivity contribution in [1.29, 1.82) is 0 Å². The van der Waals surface area contributed by atoms with E-state index in [-0.39, 0.29) is 5.38 Å². The molecule has 2 atom stereocenters. The van der Waals surface area contributed by atoms with Gasteiger partial charge in [0.2, 0.25) is 0 Å². The summed E-state index contributed by atoms with van der Waals surface area (Å²) in [5.41, 5.74) is 2.03. The SMILES string of the molecule is CC(Cl)c1nc2cnccc2n1C(CN(C)C)C(C)C. The molecule has 2 aromatic heterocycles. The summed E-state index contributed by atoms with van der Waals surface area (Å²) in [5.74, 6) is 1.42. The first-order chi connectivity index (χ1) is 9.41. The highest BCUT2D eigenvalue weighted by Crippen LogP contribution is 2.31. The number of aromatic nitrogens is 3. The topological polar surface area (TPSA) is 34.0 Å².